The molecule has 16 heavy (non-hydrogen) atoms. The first kappa shape index (κ1) is 15.5. The maximum absolute atomic E-state index is 9.75. The van der Waals surface area contributed by atoms with Crippen molar-refractivity contribution >= 4 is 6.29 Å². The first-order chi connectivity index (χ1) is 7.91. The van der Waals surface area contributed by atoms with Crippen LogP contribution in [-0.4, -0.2) is 70.9 Å². The Morgan fingerprint density at radius 2 is 1.19 bits per heavy atom. The van der Waals surface area contributed by atoms with Crippen molar-refractivity contribution in [3.05, 3.63) is 0 Å². The molecular weight excluding hydrogens is 216 g/mol. The summed E-state index contributed by atoms with van der Waals surface area (Å²) < 4.78 is 20.1. The maximum atomic E-state index is 9.75. The summed E-state index contributed by atoms with van der Waals surface area (Å²) in [7, 11) is 0. The lowest BCUT2D eigenvalue weighted by molar-refractivity contribution is -0.00264. The van der Waals surface area contributed by atoms with Gasteiger partial charge in [0.15, 0.2) is 0 Å². The minimum Gasteiger partial charge on any atom is -0.394 e. The molecule has 0 amide bonds. The highest BCUT2D eigenvalue weighted by Gasteiger charge is 1.91. The van der Waals surface area contributed by atoms with Gasteiger partial charge in [-0.05, 0) is 0 Å². The molecule has 0 aliphatic carbocycles. The van der Waals surface area contributed by atoms with E-state index in [0.29, 0.717) is 46.2 Å². The van der Waals surface area contributed by atoms with Gasteiger partial charge in [-0.2, -0.15) is 0 Å². The highest BCUT2D eigenvalue weighted by Crippen LogP contribution is 1.81. The Bertz CT molecular complexity index is 141. The third-order valence-corrected chi connectivity index (χ3v) is 1.51. The molecule has 6 heteroatoms. The zero-order valence-electron chi connectivity index (χ0n) is 9.35. The van der Waals surface area contributed by atoms with E-state index in [1.165, 1.54) is 0 Å². The van der Waals surface area contributed by atoms with E-state index in [1.54, 1.807) is 6.29 Å². The standard InChI is InChI=1S/C10H19O6/c11-1-3-13-5-7-15-9-10-16-8-6-14-4-2-12/h11H,1,3-10H2. The molecular formula is C10H19O6. The summed E-state index contributed by atoms with van der Waals surface area (Å²) in [6.07, 6.45) is 1.62. The van der Waals surface area contributed by atoms with Crippen LogP contribution >= 0.6 is 0 Å². The van der Waals surface area contributed by atoms with Crippen molar-refractivity contribution in [2.75, 3.05) is 59.5 Å². The lowest BCUT2D eigenvalue weighted by atomic mass is 10.7. The molecule has 0 heterocycles. The minimum atomic E-state index is -0.0118. The van der Waals surface area contributed by atoms with E-state index in [2.05, 4.69) is 0 Å². The van der Waals surface area contributed by atoms with E-state index in [0.717, 1.165) is 0 Å². The van der Waals surface area contributed by atoms with Crippen LogP contribution < -0.4 is 0 Å². The molecule has 0 aromatic rings. The molecule has 0 aromatic heterocycles. The molecule has 0 bridgehead atoms. The Morgan fingerprint density at radius 1 is 0.750 bits per heavy atom. The second-order valence-corrected chi connectivity index (χ2v) is 2.76. The van der Waals surface area contributed by atoms with Crippen LogP contribution in [0, 0.1) is 0 Å². The number of aliphatic hydroxyl groups is 1. The number of rotatable bonds is 13. The lowest BCUT2D eigenvalue weighted by Gasteiger charge is -2.05. The number of carbonyl (C=O) groups excluding carboxylic acids is 1. The van der Waals surface area contributed by atoms with E-state index in [4.69, 9.17) is 24.1 Å². The molecule has 0 spiro atoms. The molecule has 1 radical (unpaired) electrons. The Balaban J connectivity index is 2.85. The zero-order valence-corrected chi connectivity index (χ0v) is 9.35. The number of ether oxygens (including phenoxy) is 4. The second kappa shape index (κ2) is 14.5. The largest absolute Gasteiger partial charge is 0.394 e. The Morgan fingerprint density at radius 3 is 1.62 bits per heavy atom. The molecule has 0 saturated heterocycles. The van der Waals surface area contributed by atoms with Gasteiger partial charge in [-0.3, -0.25) is 4.79 Å². The van der Waals surface area contributed by atoms with Gasteiger partial charge in [0.2, 0.25) is 6.29 Å². The fraction of sp³-hybridized carbons (Fsp3) is 0.900. The van der Waals surface area contributed by atoms with Crippen molar-refractivity contribution in [2.45, 2.75) is 0 Å². The van der Waals surface area contributed by atoms with Gasteiger partial charge < -0.3 is 24.1 Å². The van der Waals surface area contributed by atoms with Crippen molar-refractivity contribution in [2.24, 2.45) is 0 Å². The van der Waals surface area contributed by atoms with E-state index in [9.17, 15) is 4.79 Å². The molecule has 0 saturated carbocycles. The zero-order chi connectivity index (χ0) is 11.9. The smallest absolute Gasteiger partial charge is 0.226 e. The molecule has 6 nitrogen and oxygen atoms in total. The van der Waals surface area contributed by atoms with Gasteiger partial charge in [0.05, 0.1) is 52.9 Å². The van der Waals surface area contributed by atoms with Crippen LogP contribution in [0.2, 0.25) is 0 Å². The van der Waals surface area contributed by atoms with Crippen molar-refractivity contribution < 1.29 is 28.8 Å². The quantitative estimate of drug-likeness (QED) is 0.419. The van der Waals surface area contributed by atoms with Gasteiger partial charge in [-0.1, -0.05) is 0 Å². The normalized spacial score (nSPS) is 10.6. The predicted octanol–water partition coefficient (Wildman–Crippen LogP) is -0.845. The van der Waals surface area contributed by atoms with Crippen LogP contribution in [0.5, 0.6) is 0 Å². The summed E-state index contributed by atoms with van der Waals surface area (Å²) in [4.78, 5) is 9.75. The van der Waals surface area contributed by atoms with Gasteiger partial charge in [0.25, 0.3) is 0 Å². The minimum absolute atomic E-state index is 0.0118. The maximum Gasteiger partial charge on any atom is 0.226 e. The fourth-order valence-corrected chi connectivity index (χ4v) is 0.838. The third-order valence-electron chi connectivity index (χ3n) is 1.51. The van der Waals surface area contributed by atoms with Crippen LogP contribution in [0.4, 0.5) is 0 Å². The topological polar surface area (TPSA) is 74.2 Å². The second-order valence-electron chi connectivity index (χ2n) is 2.76. The van der Waals surface area contributed by atoms with Gasteiger partial charge in [0.1, 0.15) is 6.61 Å². The first-order valence-corrected chi connectivity index (χ1v) is 5.18. The molecule has 0 atom stereocenters. The summed E-state index contributed by atoms with van der Waals surface area (Å²) in [5.41, 5.74) is 0. The van der Waals surface area contributed by atoms with Gasteiger partial charge >= 0.3 is 0 Å². The van der Waals surface area contributed by atoms with E-state index < -0.39 is 0 Å². The molecule has 0 aliphatic rings. The van der Waals surface area contributed by atoms with Crippen LogP contribution in [0.25, 0.3) is 0 Å². The molecule has 0 aromatic carbocycles. The first-order valence-electron chi connectivity index (χ1n) is 5.18. The lowest BCUT2D eigenvalue weighted by Crippen LogP contribution is -2.12. The average Bonchev–Trinajstić information content (AvgIpc) is 2.31. The van der Waals surface area contributed by atoms with Gasteiger partial charge in [-0.25, -0.2) is 0 Å². The van der Waals surface area contributed by atoms with Gasteiger partial charge in [-0.15, -0.1) is 0 Å². The summed E-state index contributed by atoms with van der Waals surface area (Å²) in [6, 6.07) is 0. The number of hydrogen-bond donors (Lipinski definition) is 1. The monoisotopic (exact) mass is 235 g/mol. The van der Waals surface area contributed by atoms with Crippen LogP contribution in [0.15, 0.2) is 0 Å². The number of aliphatic hydroxyl groups excluding tert-OH is 1. The SMILES string of the molecule is O=[C]COCCOCCOCCOCCO. The molecule has 0 aliphatic heterocycles. The summed E-state index contributed by atoms with van der Waals surface area (Å²) in [6.45, 7) is 3.10. The predicted molar refractivity (Wildman–Crippen MR) is 56.1 cm³/mol. The van der Waals surface area contributed by atoms with Crippen LogP contribution in [0.1, 0.15) is 0 Å². The van der Waals surface area contributed by atoms with E-state index in [-0.39, 0.29) is 13.2 Å². The third kappa shape index (κ3) is 13.5. The van der Waals surface area contributed by atoms with E-state index >= 15 is 0 Å². The summed E-state index contributed by atoms with van der Waals surface area (Å²) in [5, 5.41) is 8.41. The van der Waals surface area contributed by atoms with Crippen molar-refractivity contribution in [3.63, 3.8) is 0 Å². The number of hydrogen-bond acceptors (Lipinski definition) is 6. The van der Waals surface area contributed by atoms with Crippen molar-refractivity contribution in [3.8, 4) is 0 Å². The average molecular weight is 235 g/mol. The van der Waals surface area contributed by atoms with E-state index in [1.807, 2.05) is 0 Å². The van der Waals surface area contributed by atoms with Crippen molar-refractivity contribution in [1.29, 1.82) is 0 Å². The molecule has 0 unspecified atom stereocenters. The summed E-state index contributed by atoms with van der Waals surface area (Å²) >= 11 is 0. The molecule has 95 valence electrons. The Labute approximate surface area is 95.4 Å². The van der Waals surface area contributed by atoms with Gasteiger partial charge in [0, 0.05) is 0 Å². The fourth-order valence-electron chi connectivity index (χ4n) is 0.838. The summed E-state index contributed by atoms with van der Waals surface area (Å²) in [5.74, 6) is 0. The van der Waals surface area contributed by atoms with Crippen LogP contribution in [0.3, 0.4) is 0 Å². The molecule has 0 rings (SSSR count). The highest BCUT2D eigenvalue weighted by molar-refractivity contribution is 5.51. The Hall–Kier alpha value is -0.530. The molecule has 0 fully saturated rings. The molecule has 1 N–H and O–H groups in total. The van der Waals surface area contributed by atoms with Crippen LogP contribution in [-0.2, 0) is 23.7 Å². The Kier molecular flexibility index (Phi) is 14.0. The highest BCUT2D eigenvalue weighted by atomic mass is 16.6. The van der Waals surface area contributed by atoms with Crippen molar-refractivity contribution in [1.82, 2.24) is 0 Å².